The lowest BCUT2D eigenvalue weighted by Gasteiger charge is -2.03. The zero-order chi connectivity index (χ0) is 10.7. The third-order valence-electron chi connectivity index (χ3n) is 1.66. The number of benzene rings is 1. The van der Waals surface area contributed by atoms with Gasteiger partial charge in [-0.1, -0.05) is 39.1 Å². The Morgan fingerprint density at radius 3 is 2.71 bits per heavy atom. The summed E-state index contributed by atoms with van der Waals surface area (Å²) in [5.41, 5.74) is 1.12. The Morgan fingerprint density at radius 2 is 2.14 bits per heavy atom. The van der Waals surface area contributed by atoms with Gasteiger partial charge in [-0.2, -0.15) is 5.26 Å². The van der Waals surface area contributed by atoms with Crippen LogP contribution >= 0.6 is 39.1 Å². The van der Waals surface area contributed by atoms with Gasteiger partial charge in [-0.25, -0.2) is 0 Å². The lowest BCUT2D eigenvalue weighted by atomic mass is 10.1. The number of hydrogen-bond acceptors (Lipinski definition) is 1. The van der Waals surface area contributed by atoms with E-state index in [2.05, 4.69) is 15.9 Å². The summed E-state index contributed by atoms with van der Waals surface area (Å²) in [5.74, 6) is 0. The standard InChI is InChI=1S/C10H6BrCl2N/c1-6(5-14)10(13)8-4-7(11)2-3-9(8)12/h2-4H,1H3/b10-6-. The second-order valence-electron chi connectivity index (χ2n) is 2.67. The summed E-state index contributed by atoms with van der Waals surface area (Å²) in [6, 6.07) is 7.31. The molecule has 1 nitrogen and oxygen atoms in total. The van der Waals surface area contributed by atoms with Gasteiger partial charge in [0.05, 0.1) is 11.1 Å². The van der Waals surface area contributed by atoms with Gasteiger partial charge in [0.1, 0.15) is 0 Å². The molecule has 0 fully saturated rings. The largest absolute Gasteiger partial charge is 0.193 e. The Morgan fingerprint density at radius 1 is 1.50 bits per heavy atom. The van der Waals surface area contributed by atoms with Crippen LogP contribution in [0.15, 0.2) is 28.2 Å². The number of nitriles is 1. The molecule has 0 amide bonds. The minimum absolute atomic E-state index is 0.388. The molecule has 0 aliphatic carbocycles. The maximum Gasteiger partial charge on any atom is 0.0959 e. The van der Waals surface area contributed by atoms with Crippen LogP contribution in [0.1, 0.15) is 12.5 Å². The van der Waals surface area contributed by atoms with Crippen molar-refractivity contribution >= 4 is 44.2 Å². The lowest BCUT2D eigenvalue weighted by molar-refractivity contribution is 1.45. The van der Waals surface area contributed by atoms with Gasteiger partial charge in [0.2, 0.25) is 0 Å². The van der Waals surface area contributed by atoms with E-state index in [9.17, 15) is 0 Å². The molecule has 0 unspecified atom stereocenters. The SMILES string of the molecule is C/C(C#N)=C(/Cl)c1cc(Br)ccc1Cl. The predicted molar refractivity (Wildman–Crippen MR) is 63.2 cm³/mol. The third-order valence-corrected chi connectivity index (χ3v) is 2.97. The molecule has 0 aliphatic heterocycles. The molecule has 0 aromatic heterocycles. The molecule has 0 spiro atoms. The van der Waals surface area contributed by atoms with Crippen molar-refractivity contribution in [2.24, 2.45) is 0 Å². The number of nitrogens with zero attached hydrogens (tertiary/aromatic N) is 1. The van der Waals surface area contributed by atoms with E-state index < -0.39 is 0 Å². The molecule has 0 saturated heterocycles. The summed E-state index contributed by atoms with van der Waals surface area (Å²) in [5, 5.41) is 9.60. The number of allylic oxidation sites excluding steroid dienone is 1. The van der Waals surface area contributed by atoms with Gasteiger partial charge in [0.15, 0.2) is 0 Å². The Labute approximate surface area is 101 Å². The fourth-order valence-corrected chi connectivity index (χ4v) is 1.74. The van der Waals surface area contributed by atoms with Crippen molar-refractivity contribution in [3.05, 3.63) is 38.8 Å². The summed E-state index contributed by atoms with van der Waals surface area (Å²) >= 11 is 15.2. The van der Waals surface area contributed by atoms with Gasteiger partial charge in [-0.3, -0.25) is 0 Å². The molecule has 0 saturated carbocycles. The van der Waals surface area contributed by atoms with E-state index >= 15 is 0 Å². The average molecular weight is 291 g/mol. The summed E-state index contributed by atoms with van der Waals surface area (Å²) in [7, 11) is 0. The topological polar surface area (TPSA) is 23.8 Å². The van der Waals surface area contributed by atoms with Crippen molar-refractivity contribution in [1.82, 2.24) is 0 Å². The summed E-state index contributed by atoms with van der Waals surface area (Å²) in [6.07, 6.45) is 0. The van der Waals surface area contributed by atoms with Gasteiger partial charge in [0, 0.05) is 20.6 Å². The van der Waals surface area contributed by atoms with E-state index in [-0.39, 0.29) is 0 Å². The van der Waals surface area contributed by atoms with E-state index in [0.717, 1.165) is 4.47 Å². The maximum atomic E-state index is 8.68. The van der Waals surface area contributed by atoms with Crippen LogP contribution in [-0.4, -0.2) is 0 Å². The van der Waals surface area contributed by atoms with Crippen LogP contribution in [0, 0.1) is 11.3 Å². The first-order chi connectivity index (χ1) is 6.56. The molecular weight excluding hydrogens is 285 g/mol. The zero-order valence-electron chi connectivity index (χ0n) is 7.31. The number of hydrogen-bond donors (Lipinski definition) is 0. The fraction of sp³-hybridized carbons (Fsp3) is 0.100. The minimum Gasteiger partial charge on any atom is -0.193 e. The molecule has 1 rings (SSSR count). The van der Waals surface area contributed by atoms with Gasteiger partial charge in [-0.05, 0) is 25.1 Å². The molecule has 1 aromatic carbocycles. The lowest BCUT2D eigenvalue weighted by Crippen LogP contribution is -1.83. The van der Waals surface area contributed by atoms with Gasteiger partial charge in [-0.15, -0.1) is 0 Å². The highest BCUT2D eigenvalue weighted by molar-refractivity contribution is 9.10. The second kappa shape index (κ2) is 4.84. The molecular formula is C10H6BrCl2N. The first-order valence-corrected chi connectivity index (χ1v) is 5.33. The third kappa shape index (κ3) is 2.51. The highest BCUT2D eigenvalue weighted by atomic mass is 79.9. The summed E-state index contributed by atoms with van der Waals surface area (Å²) < 4.78 is 0.876. The van der Waals surface area contributed by atoms with Crippen molar-refractivity contribution < 1.29 is 0 Å². The number of rotatable bonds is 1. The fourth-order valence-electron chi connectivity index (χ4n) is 0.917. The van der Waals surface area contributed by atoms with E-state index in [1.807, 2.05) is 12.1 Å². The molecule has 72 valence electrons. The Balaban J connectivity index is 3.34. The molecule has 0 aliphatic rings. The van der Waals surface area contributed by atoms with Gasteiger partial charge >= 0.3 is 0 Å². The molecule has 4 heteroatoms. The molecule has 0 N–H and O–H groups in total. The molecule has 1 aromatic rings. The Kier molecular flexibility index (Phi) is 4.00. The van der Waals surface area contributed by atoms with Crippen LogP contribution in [0.4, 0.5) is 0 Å². The zero-order valence-corrected chi connectivity index (χ0v) is 10.4. The van der Waals surface area contributed by atoms with E-state index in [0.29, 0.717) is 21.2 Å². The van der Waals surface area contributed by atoms with Crippen LogP contribution in [-0.2, 0) is 0 Å². The monoisotopic (exact) mass is 289 g/mol. The van der Waals surface area contributed by atoms with Gasteiger partial charge < -0.3 is 0 Å². The predicted octanol–water partition coefficient (Wildman–Crippen LogP) is 4.60. The molecule has 0 bridgehead atoms. The van der Waals surface area contributed by atoms with Crippen molar-refractivity contribution in [3.8, 4) is 6.07 Å². The van der Waals surface area contributed by atoms with Gasteiger partial charge in [0.25, 0.3) is 0 Å². The highest BCUT2D eigenvalue weighted by Crippen LogP contribution is 2.31. The van der Waals surface area contributed by atoms with Crippen LogP contribution in [0.5, 0.6) is 0 Å². The van der Waals surface area contributed by atoms with Crippen LogP contribution in [0.25, 0.3) is 5.03 Å². The maximum absolute atomic E-state index is 8.68. The average Bonchev–Trinajstić information content (AvgIpc) is 2.19. The van der Waals surface area contributed by atoms with Crippen LogP contribution in [0.2, 0.25) is 5.02 Å². The Hall–Kier alpha value is -0.490. The van der Waals surface area contributed by atoms with E-state index in [4.69, 9.17) is 28.5 Å². The normalized spacial score (nSPS) is 11.9. The molecule has 0 atom stereocenters. The first-order valence-electron chi connectivity index (χ1n) is 3.78. The Bertz CT molecular complexity index is 432. The van der Waals surface area contributed by atoms with E-state index in [1.54, 1.807) is 19.1 Å². The van der Waals surface area contributed by atoms with Crippen molar-refractivity contribution in [3.63, 3.8) is 0 Å². The number of halogens is 3. The van der Waals surface area contributed by atoms with Crippen molar-refractivity contribution in [2.75, 3.05) is 0 Å². The van der Waals surface area contributed by atoms with Crippen molar-refractivity contribution in [1.29, 1.82) is 5.26 Å². The molecule has 14 heavy (non-hydrogen) atoms. The van der Waals surface area contributed by atoms with Crippen molar-refractivity contribution in [2.45, 2.75) is 6.92 Å². The molecule has 0 heterocycles. The minimum atomic E-state index is 0.388. The van der Waals surface area contributed by atoms with E-state index in [1.165, 1.54) is 0 Å². The second-order valence-corrected chi connectivity index (χ2v) is 4.38. The summed E-state index contributed by atoms with van der Waals surface area (Å²) in [6.45, 7) is 1.65. The summed E-state index contributed by atoms with van der Waals surface area (Å²) in [4.78, 5) is 0. The first kappa shape index (κ1) is 11.6. The molecule has 0 radical (unpaired) electrons. The smallest absolute Gasteiger partial charge is 0.0959 e. The highest BCUT2D eigenvalue weighted by Gasteiger charge is 2.07. The van der Waals surface area contributed by atoms with Crippen LogP contribution < -0.4 is 0 Å². The van der Waals surface area contributed by atoms with Crippen LogP contribution in [0.3, 0.4) is 0 Å². The quantitative estimate of drug-likeness (QED) is 0.694.